The molecule has 3 heteroatoms. The van der Waals surface area contributed by atoms with Gasteiger partial charge in [0.1, 0.15) is 6.31 Å². The summed E-state index contributed by atoms with van der Waals surface area (Å²) in [7, 11) is -1.17. The first-order chi connectivity index (χ1) is 16.0. The highest BCUT2D eigenvalue weighted by Crippen LogP contribution is 2.51. The molecule has 1 aromatic carbocycles. The first-order valence-corrected chi connectivity index (χ1v) is 18.3. The summed E-state index contributed by atoms with van der Waals surface area (Å²) in [4.78, 5) is 0. The summed E-state index contributed by atoms with van der Waals surface area (Å²) in [5, 5.41) is 0. The number of hydrogen-bond acceptors (Lipinski definition) is 0. The Morgan fingerprint density at radius 3 is 1.94 bits per heavy atom. The topological polar surface area (TPSA) is 0 Å². The first kappa shape index (κ1) is 24.0. The van der Waals surface area contributed by atoms with Gasteiger partial charge in [-0.25, -0.2) is 0 Å². The van der Waals surface area contributed by atoms with Gasteiger partial charge in [0, 0.05) is 7.94 Å². The fourth-order valence-corrected chi connectivity index (χ4v) is 12.7. The van der Waals surface area contributed by atoms with Crippen molar-refractivity contribution >= 4 is 21.0 Å². The Kier molecular flexibility index (Phi) is 7.65. The van der Waals surface area contributed by atoms with E-state index in [-0.39, 0.29) is 0 Å². The fourth-order valence-electron chi connectivity index (χ4n) is 9.42. The molecule has 0 aliphatic carbocycles. The monoisotopic (exact) mass is 458 g/mol. The minimum atomic E-state index is -1.17. The highest BCUT2D eigenvalue weighted by Gasteiger charge is 2.47. The Balaban J connectivity index is 1.41. The van der Waals surface area contributed by atoms with Crippen molar-refractivity contribution in [3.8, 4) is 0 Å². The van der Waals surface area contributed by atoms with Crippen LogP contribution in [0.15, 0.2) is 42.5 Å². The maximum absolute atomic E-state index is 2.83. The molecule has 0 amide bonds. The Morgan fingerprint density at radius 2 is 1.33 bits per heavy atom. The van der Waals surface area contributed by atoms with Crippen molar-refractivity contribution in [3.05, 3.63) is 48.0 Å². The van der Waals surface area contributed by atoms with E-state index in [1.165, 1.54) is 83.4 Å². The zero-order chi connectivity index (χ0) is 22.8. The summed E-state index contributed by atoms with van der Waals surface area (Å²) in [6.45, 7) is 8.91. The molecular weight excluding hydrogens is 410 g/mol. The first-order valence-electron chi connectivity index (χ1n) is 14.7. The van der Waals surface area contributed by atoms with Crippen molar-refractivity contribution in [2.45, 2.75) is 126 Å². The molecule has 4 heterocycles. The van der Waals surface area contributed by atoms with Gasteiger partial charge in [-0.3, -0.25) is 0 Å². The van der Waals surface area contributed by atoms with Crippen molar-refractivity contribution < 1.29 is 0 Å². The second-order valence-electron chi connectivity index (χ2n) is 13.5. The molecule has 4 saturated heterocycles. The largest absolute Gasteiger partial charge is 0.155 e. The quantitative estimate of drug-likeness (QED) is 0.305. The molecule has 4 bridgehead atoms. The molecule has 1 aromatic rings. The molecule has 4 fully saturated rings. The van der Waals surface area contributed by atoms with Gasteiger partial charge in [-0.05, 0) is 23.5 Å². The van der Waals surface area contributed by atoms with Crippen molar-refractivity contribution in [2.75, 3.05) is 0 Å². The van der Waals surface area contributed by atoms with E-state index in [0.717, 1.165) is 48.1 Å². The third-order valence-corrected chi connectivity index (χ3v) is 13.4. The van der Waals surface area contributed by atoms with E-state index in [9.17, 15) is 0 Å². The standard InChI is InChI=1S/C30H48B2Si/c1-33(2,3)32-28-20-7-14-24(15-8-21-28)29(32)22-11-23-31-27-18-9-16-26(17-10-19-27)30(31)25-12-5-4-6-13-25/h4-6,11-13,22,24,26-30H,7-10,14-21,23H2,1-3H3/b22-11+. The number of fused-ring (bicyclic) bond motifs is 6. The molecule has 0 nitrogen and oxygen atoms in total. The summed E-state index contributed by atoms with van der Waals surface area (Å²) < 4.78 is 0. The van der Waals surface area contributed by atoms with Crippen molar-refractivity contribution in [2.24, 2.45) is 11.8 Å². The van der Waals surface area contributed by atoms with Crippen LogP contribution < -0.4 is 0 Å². The van der Waals surface area contributed by atoms with Crippen LogP contribution in [0.25, 0.3) is 0 Å². The minimum absolute atomic E-state index is 0.798. The fraction of sp³-hybridized carbons (Fsp3) is 0.733. The van der Waals surface area contributed by atoms with Crippen LogP contribution in [0.2, 0.25) is 43.4 Å². The van der Waals surface area contributed by atoms with Crippen LogP contribution in [0.1, 0.15) is 88.4 Å². The molecule has 2 unspecified atom stereocenters. The predicted molar refractivity (Wildman–Crippen MR) is 152 cm³/mol. The van der Waals surface area contributed by atoms with E-state index in [1.54, 1.807) is 5.56 Å². The van der Waals surface area contributed by atoms with Crippen LogP contribution in [0.3, 0.4) is 0 Å². The van der Waals surface area contributed by atoms with Crippen LogP contribution in [0.4, 0.5) is 0 Å². The van der Waals surface area contributed by atoms with Gasteiger partial charge in [0.05, 0.1) is 0 Å². The van der Waals surface area contributed by atoms with Crippen LogP contribution >= 0.6 is 0 Å². The smallest absolute Gasteiger partial charge is 0.0961 e. The second kappa shape index (κ2) is 10.5. The molecule has 178 valence electrons. The van der Waals surface area contributed by atoms with Gasteiger partial charge < -0.3 is 0 Å². The molecule has 0 aromatic heterocycles. The van der Waals surface area contributed by atoms with Gasteiger partial charge in [-0.2, -0.15) is 0 Å². The van der Waals surface area contributed by atoms with Gasteiger partial charge in [-0.1, -0.05) is 163 Å². The highest BCUT2D eigenvalue weighted by molar-refractivity contribution is 7.32. The summed E-state index contributed by atoms with van der Waals surface area (Å²) in [6, 6.07) is 11.7. The van der Waals surface area contributed by atoms with Gasteiger partial charge in [0.2, 0.25) is 0 Å². The van der Waals surface area contributed by atoms with Gasteiger partial charge in [0.15, 0.2) is 6.71 Å². The van der Waals surface area contributed by atoms with E-state index < -0.39 is 7.94 Å². The Bertz CT molecular complexity index is 764. The molecular formula is C30H48B2Si. The molecule has 0 radical (unpaired) electrons. The lowest BCUT2D eigenvalue weighted by Crippen LogP contribution is -2.49. The zero-order valence-electron chi connectivity index (χ0n) is 21.9. The van der Waals surface area contributed by atoms with Gasteiger partial charge in [0.25, 0.3) is 0 Å². The van der Waals surface area contributed by atoms with Crippen molar-refractivity contribution in [1.29, 1.82) is 0 Å². The second-order valence-corrected chi connectivity index (χ2v) is 18.9. The third kappa shape index (κ3) is 5.29. The maximum Gasteiger partial charge on any atom is 0.155 e. The Morgan fingerprint density at radius 1 is 0.758 bits per heavy atom. The van der Waals surface area contributed by atoms with Crippen molar-refractivity contribution in [3.63, 3.8) is 0 Å². The van der Waals surface area contributed by atoms with E-state index in [0.29, 0.717) is 0 Å². The Hall–Kier alpha value is -0.693. The third-order valence-electron chi connectivity index (χ3n) is 10.6. The summed E-state index contributed by atoms with van der Waals surface area (Å²) in [5.74, 6) is 5.55. The van der Waals surface area contributed by atoms with Crippen molar-refractivity contribution in [1.82, 2.24) is 0 Å². The average molecular weight is 458 g/mol. The molecule has 4 aliphatic heterocycles. The zero-order valence-corrected chi connectivity index (χ0v) is 22.9. The maximum atomic E-state index is 2.83. The summed E-state index contributed by atoms with van der Waals surface area (Å²) in [5.41, 5.74) is 1.65. The van der Waals surface area contributed by atoms with Crippen LogP contribution in [0, 0.1) is 11.8 Å². The lowest BCUT2D eigenvalue weighted by Gasteiger charge is -2.37. The highest BCUT2D eigenvalue weighted by atomic mass is 28.3. The van der Waals surface area contributed by atoms with Crippen LogP contribution in [-0.4, -0.2) is 21.0 Å². The van der Waals surface area contributed by atoms with E-state index in [4.69, 9.17) is 0 Å². The SMILES string of the molecule is C[Si](C)(C)B1C2CCCC(CCC2)C1/C=C/CB1C2CCCC(CCC2)C1c1ccccc1. The lowest BCUT2D eigenvalue weighted by atomic mass is 9.30. The van der Waals surface area contributed by atoms with Gasteiger partial charge >= 0.3 is 0 Å². The normalized spacial score (nSPS) is 35.4. The molecule has 2 atom stereocenters. The molecule has 0 saturated carbocycles. The number of benzene rings is 1. The molecule has 33 heavy (non-hydrogen) atoms. The van der Waals surface area contributed by atoms with E-state index in [2.05, 4.69) is 62.1 Å². The predicted octanol–water partition coefficient (Wildman–Crippen LogP) is 9.35. The van der Waals surface area contributed by atoms with E-state index >= 15 is 0 Å². The van der Waals surface area contributed by atoms with Gasteiger partial charge in [-0.15, -0.1) is 0 Å². The van der Waals surface area contributed by atoms with E-state index in [1.807, 2.05) is 0 Å². The molecule has 0 N–H and O–H groups in total. The summed E-state index contributed by atoms with van der Waals surface area (Å²) in [6.07, 6.45) is 25.9. The lowest BCUT2D eigenvalue weighted by molar-refractivity contribution is 0.391. The number of rotatable bonds is 5. The van der Waals surface area contributed by atoms with Crippen LogP contribution in [0.5, 0.6) is 0 Å². The average Bonchev–Trinajstić information content (AvgIpc) is 3.18. The minimum Gasteiger partial charge on any atom is -0.0961 e. The molecule has 5 rings (SSSR count). The number of allylic oxidation sites excluding steroid dienone is 2. The molecule has 0 spiro atoms. The molecule has 4 aliphatic rings. The van der Waals surface area contributed by atoms with Crippen LogP contribution in [-0.2, 0) is 0 Å². The Labute approximate surface area is 206 Å². The summed E-state index contributed by atoms with van der Waals surface area (Å²) >= 11 is 0. The number of hydrogen-bond donors (Lipinski definition) is 0.